The molecule has 2 aliphatic rings. The summed E-state index contributed by atoms with van der Waals surface area (Å²) in [7, 11) is 0. The van der Waals surface area contributed by atoms with Crippen LogP contribution in [0.15, 0.2) is 48.5 Å². The van der Waals surface area contributed by atoms with E-state index in [0.29, 0.717) is 30.8 Å². The highest BCUT2D eigenvalue weighted by molar-refractivity contribution is 5.95. The number of carbonyl (C=O) groups is 2. The number of anilines is 1. The number of piperazine rings is 1. The first-order valence-electron chi connectivity index (χ1n) is 9.64. The maximum Gasteiger partial charge on any atom is 0.254 e. The number of fused-ring (bicyclic) bond motifs is 2. The number of likely N-dealkylation sites (tertiary alicyclic amines) is 2. The standard InChI is InChI=1S/C22H24FN3O2/c1-14(9-15-5-7-17(23)8-6-15)21(27)25-12-20-11-19(25)13-26(20)22(28)16-3-2-4-18(24)10-16/h2-8,10,14,19-20H,9,11-13,24H2,1H3/t14?,19-,20-/m0/s1. The minimum absolute atomic E-state index is 0.0220. The lowest BCUT2D eigenvalue weighted by atomic mass is 9.99. The molecule has 2 saturated heterocycles. The first kappa shape index (κ1) is 18.5. The summed E-state index contributed by atoms with van der Waals surface area (Å²) in [4.78, 5) is 29.5. The molecule has 0 saturated carbocycles. The number of nitrogens with zero attached hydrogens (tertiary/aromatic N) is 2. The second-order valence-electron chi connectivity index (χ2n) is 7.85. The highest BCUT2D eigenvalue weighted by atomic mass is 19.1. The van der Waals surface area contributed by atoms with Crippen LogP contribution in [0.4, 0.5) is 10.1 Å². The van der Waals surface area contributed by atoms with Crippen LogP contribution in [0.1, 0.15) is 29.3 Å². The van der Waals surface area contributed by atoms with Gasteiger partial charge >= 0.3 is 0 Å². The fraction of sp³-hybridized carbons (Fsp3) is 0.364. The van der Waals surface area contributed by atoms with Crippen LogP contribution < -0.4 is 5.73 Å². The number of hydrogen-bond acceptors (Lipinski definition) is 3. The quantitative estimate of drug-likeness (QED) is 0.828. The molecule has 5 nitrogen and oxygen atoms in total. The van der Waals surface area contributed by atoms with Crippen LogP contribution in [0.3, 0.4) is 0 Å². The number of benzene rings is 2. The molecule has 2 bridgehead atoms. The van der Waals surface area contributed by atoms with Crippen molar-refractivity contribution in [1.82, 2.24) is 9.80 Å². The summed E-state index contributed by atoms with van der Waals surface area (Å²) in [6, 6.07) is 13.4. The zero-order valence-electron chi connectivity index (χ0n) is 15.8. The summed E-state index contributed by atoms with van der Waals surface area (Å²) in [6.45, 7) is 3.05. The molecule has 6 heteroatoms. The van der Waals surface area contributed by atoms with Gasteiger partial charge in [0.1, 0.15) is 5.82 Å². The number of nitrogen functional groups attached to an aromatic ring is 1. The van der Waals surface area contributed by atoms with Crippen LogP contribution >= 0.6 is 0 Å². The minimum Gasteiger partial charge on any atom is -0.399 e. The van der Waals surface area contributed by atoms with Crippen molar-refractivity contribution in [3.63, 3.8) is 0 Å². The SMILES string of the molecule is CC(Cc1ccc(F)cc1)C(=O)N1C[C@@H]2C[C@H]1CN2C(=O)c1cccc(N)c1. The second kappa shape index (κ2) is 7.26. The Morgan fingerprint density at radius 3 is 2.43 bits per heavy atom. The van der Waals surface area contributed by atoms with Crippen molar-refractivity contribution in [3.8, 4) is 0 Å². The van der Waals surface area contributed by atoms with Crippen LogP contribution in [0.5, 0.6) is 0 Å². The molecule has 2 aromatic rings. The van der Waals surface area contributed by atoms with Gasteiger partial charge in [-0.05, 0) is 48.7 Å². The van der Waals surface area contributed by atoms with Crippen LogP contribution in [-0.4, -0.2) is 46.8 Å². The van der Waals surface area contributed by atoms with Crippen LogP contribution in [-0.2, 0) is 11.2 Å². The van der Waals surface area contributed by atoms with E-state index in [9.17, 15) is 14.0 Å². The van der Waals surface area contributed by atoms with Crippen molar-refractivity contribution in [3.05, 3.63) is 65.5 Å². The molecule has 0 spiro atoms. The number of halogens is 1. The fourth-order valence-electron chi connectivity index (χ4n) is 4.37. The van der Waals surface area contributed by atoms with E-state index in [1.54, 1.807) is 36.4 Å². The third-order valence-electron chi connectivity index (χ3n) is 5.79. The second-order valence-corrected chi connectivity index (χ2v) is 7.85. The van der Waals surface area contributed by atoms with Gasteiger partial charge in [-0.1, -0.05) is 25.1 Å². The molecule has 28 heavy (non-hydrogen) atoms. The minimum atomic E-state index is -0.274. The maximum absolute atomic E-state index is 13.1. The molecule has 4 rings (SSSR count). The van der Waals surface area contributed by atoms with Gasteiger partial charge in [-0.15, -0.1) is 0 Å². The van der Waals surface area contributed by atoms with E-state index in [-0.39, 0.29) is 35.6 Å². The Labute approximate surface area is 163 Å². The molecule has 0 radical (unpaired) electrons. The molecule has 0 aliphatic carbocycles. The van der Waals surface area contributed by atoms with E-state index in [1.807, 2.05) is 16.7 Å². The van der Waals surface area contributed by atoms with E-state index in [2.05, 4.69) is 0 Å². The molecule has 2 heterocycles. The molecule has 2 amide bonds. The lowest BCUT2D eigenvalue weighted by Crippen LogP contribution is -2.52. The van der Waals surface area contributed by atoms with Crippen LogP contribution in [0.2, 0.25) is 0 Å². The molecule has 0 aromatic heterocycles. The predicted molar refractivity (Wildman–Crippen MR) is 105 cm³/mol. The summed E-state index contributed by atoms with van der Waals surface area (Å²) < 4.78 is 13.1. The highest BCUT2D eigenvalue weighted by Crippen LogP contribution is 2.33. The van der Waals surface area contributed by atoms with Crippen molar-refractivity contribution >= 4 is 17.5 Å². The topological polar surface area (TPSA) is 66.6 Å². The average Bonchev–Trinajstić information content (AvgIpc) is 3.29. The van der Waals surface area contributed by atoms with E-state index in [0.717, 1.165) is 12.0 Å². The molecular weight excluding hydrogens is 357 g/mol. The van der Waals surface area contributed by atoms with E-state index < -0.39 is 0 Å². The van der Waals surface area contributed by atoms with Gasteiger partial charge in [-0.2, -0.15) is 0 Å². The molecule has 146 valence electrons. The van der Waals surface area contributed by atoms with Crippen molar-refractivity contribution in [2.24, 2.45) is 5.92 Å². The number of hydrogen-bond donors (Lipinski definition) is 1. The lowest BCUT2D eigenvalue weighted by Gasteiger charge is -2.35. The molecule has 2 N–H and O–H groups in total. The first-order chi connectivity index (χ1) is 13.4. The van der Waals surface area contributed by atoms with Crippen molar-refractivity contribution in [1.29, 1.82) is 0 Å². The number of carbonyl (C=O) groups excluding carboxylic acids is 2. The predicted octanol–water partition coefficient (Wildman–Crippen LogP) is 2.71. The Kier molecular flexibility index (Phi) is 4.79. The van der Waals surface area contributed by atoms with Gasteiger partial charge in [0.05, 0.1) is 12.1 Å². The van der Waals surface area contributed by atoms with Gasteiger partial charge in [-0.25, -0.2) is 4.39 Å². The molecule has 2 aromatic carbocycles. The number of amides is 2. The largest absolute Gasteiger partial charge is 0.399 e. The molecule has 1 unspecified atom stereocenters. The summed E-state index contributed by atoms with van der Waals surface area (Å²) in [6.07, 6.45) is 1.40. The van der Waals surface area contributed by atoms with Gasteiger partial charge in [0.25, 0.3) is 5.91 Å². The van der Waals surface area contributed by atoms with Gasteiger partial charge in [0.2, 0.25) is 5.91 Å². The van der Waals surface area contributed by atoms with Crippen LogP contribution in [0.25, 0.3) is 0 Å². The summed E-state index contributed by atoms with van der Waals surface area (Å²) in [5.41, 5.74) is 7.91. The smallest absolute Gasteiger partial charge is 0.254 e. The van der Waals surface area contributed by atoms with Crippen molar-refractivity contribution < 1.29 is 14.0 Å². The van der Waals surface area contributed by atoms with Gasteiger partial charge in [0, 0.05) is 30.3 Å². The Hall–Kier alpha value is -2.89. The molecule has 2 aliphatic heterocycles. The highest BCUT2D eigenvalue weighted by Gasteiger charge is 2.47. The van der Waals surface area contributed by atoms with Gasteiger partial charge < -0.3 is 15.5 Å². The van der Waals surface area contributed by atoms with Crippen molar-refractivity contribution in [2.75, 3.05) is 18.8 Å². The third-order valence-corrected chi connectivity index (χ3v) is 5.79. The van der Waals surface area contributed by atoms with Crippen LogP contribution in [0, 0.1) is 11.7 Å². The summed E-state index contributed by atoms with van der Waals surface area (Å²) in [5.74, 6) is -0.369. The Morgan fingerprint density at radius 1 is 1.11 bits per heavy atom. The zero-order chi connectivity index (χ0) is 19.8. The summed E-state index contributed by atoms with van der Waals surface area (Å²) in [5, 5.41) is 0. The van der Waals surface area contributed by atoms with E-state index in [4.69, 9.17) is 5.73 Å². The zero-order valence-corrected chi connectivity index (χ0v) is 15.8. The lowest BCUT2D eigenvalue weighted by molar-refractivity contribution is -0.137. The molecule has 3 atom stereocenters. The summed E-state index contributed by atoms with van der Waals surface area (Å²) >= 11 is 0. The Morgan fingerprint density at radius 2 is 1.79 bits per heavy atom. The number of nitrogens with two attached hydrogens (primary N) is 1. The Bertz CT molecular complexity index is 899. The van der Waals surface area contributed by atoms with Gasteiger partial charge in [-0.3, -0.25) is 9.59 Å². The normalized spacial score (nSPS) is 21.8. The third kappa shape index (κ3) is 3.46. The first-order valence-corrected chi connectivity index (χ1v) is 9.64. The molecule has 2 fully saturated rings. The van der Waals surface area contributed by atoms with E-state index >= 15 is 0 Å². The monoisotopic (exact) mass is 381 g/mol. The Balaban J connectivity index is 1.38. The van der Waals surface area contributed by atoms with E-state index in [1.165, 1.54) is 12.1 Å². The molecular formula is C22H24FN3O2. The number of rotatable bonds is 4. The fourth-order valence-corrected chi connectivity index (χ4v) is 4.37. The van der Waals surface area contributed by atoms with Crippen molar-refractivity contribution in [2.45, 2.75) is 31.8 Å². The maximum atomic E-state index is 13.1. The van der Waals surface area contributed by atoms with Gasteiger partial charge in [0.15, 0.2) is 0 Å². The average molecular weight is 381 g/mol.